The van der Waals surface area contributed by atoms with Gasteiger partial charge in [0.05, 0.1) is 18.6 Å². The number of carbonyl (C=O) groups is 1. The van der Waals surface area contributed by atoms with Gasteiger partial charge in [0, 0.05) is 0 Å². The van der Waals surface area contributed by atoms with E-state index in [1.54, 1.807) is 0 Å². The highest BCUT2D eigenvalue weighted by molar-refractivity contribution is 5.67. The van der Waals surface area contributed by atoms with Crippen LogP contribution in [0, 0.1) is 5.41 Å². The van der Waals surface area contributed by atoms with Crippen LogP contribution in [-0.4, -0.2) is 23.3 Å². The second-order valence-corrected chi connectivity index (χ2v) is 5.14. The molecule has 1 N–H and O–H groups in total. The van der Waals surface area contributed by atoms with E-state index in [9.17, 15) is 4.79 Å². The van der Waals surface area contributed by atoms with Crippen molar-refractivity contribution in [1.29, 1.82) is 0 Å². The first kappa shape index (κ1) is 12.4. The summed E-state index contributed by atoms with van der Waals surface area (Å²) >= 11 is 0. The molecule has 0 atom stereocenters. The first-order valence-electron chi connectivity index (χ1n) is 4.48. The van der Waals surface area contributed by atoms with Crippen LogP contribution < -0.4 is 0 Å². The minimum Gasteiger partial charge on any atom is -0.481 e. The van der Waals surface area contributed by atoms with Gasteiger partial charge in [0.25, 0.3) is 0 Å². The molecule has 0 saturated heterocycles. The molecule has 0 heterocycles. The Morgan fingerprint density at radius 3 is 2.00 bits per heavy atom. The molecule has 0 radical (unpaired) electrons. The topological polar surface area (TPSA) is 46.5 Å². The van der Waals surface area contributed by atoms with Gasteiger partial charge < -0.3 is 9.84 Å². The fourth-order valence-corrected chi connectivity index (χ4v) is 0.872. The monoisotopic (exact) mass is 188 g/mol. The van der Waals surface area contributed by atoms with E-state index in [-0.39, 0.29) is 17.4 Å². The summed E-state index contributed by atoms with van der Waals surface area (Å²) in [6.07, 6.45) is 0.142. The van der Waals surface area contributed by atoms with Crippen LogP contribution >= 0.6 is 0 Å². The van der Waals surface area contributed by atoms with Crippen molar-refractivity contribution >= 4 is 5.97 Å². The maximum absolute atomic E-state index is 10.5. The molecule has 0 aliphatic carbocycles. The van der Waals surface area contributed by atoms with Crippen molar-refractivity contribution in [2.24, 2.45) is 5.41 Å². The average molecular weight is 188 g/mol. The van der Waals surface area contributed by atoms with Crippen molar-refractivity contribution in [1.82, 2.24) is 0 Å². The van der Waals surface area contributed by atoms with Crippen molar-refractivity contribution in [3.05, 3.63) is 0 Å². The van der Waals surface area contributed by atoms with E-state index < -0.39 is 5.97 Å². The summed E-state index contributed by atoms with van der Waals surface area (Å²) in [6.45, 7) is 10.2. The number of carboxylic acid groups (broad SMARTS) is 1. The highest BCUT2D eigenvalue weighted by Gasteiger charge is 2.24. The highest BCUT2D eigenvalue weighted by atomic mass is 16.5. The van der Waals surface area contributed by atoms with Gasteiger partial charge in [-0.1, -0.05) is 13.8 Å². The molecule has 3 nitrogen and oxygen atoms in total. The van der Waals surface area contributed by atoms with Gasteiger partial charge in [-0.2, -0.15) is 0 Å². The highest BCUT2D eigenvalue weighted by Crippen LogP contribution is 2.23. The SMILES string of the molecule is CC(C)(COC(C)(C)C)CC(=O)O. The fraction of sp³-hybridized carbons (Fsp3) is 0.900. The van der Waals surface area contributed by atoms with Crippen LogP contribution in [0.4, 0.5) is 0 Å². The Morgan fingerprint density at radius 1 is 1.23 bits per heavy atom. The average Bonchev–Trinajstić information content (AvgIpc) is 1.79. The Bertz CT molecular complexity index is 177. The van der Waals surface area contributed by atoms with Crippen LogP contribution in [0.5, 0.6) is 0 Å². The van der Waals surface area contributed by atoms with Crippen LogP contribution in [0.3, 0.4) is 0 Å². The molecule has 78 valence electrons. The lowest BCUT2D eigenvalue weighted by molar-refractivity contribution is -0.141. The predicted octanol–water partition coefficient (Wildman–Crippen LogP) is 2.30. The minimum absolute atomic E-state index is 0.142. The predicted molar refractivity (Wildman–Crippen MR) is 51.7 cm³/mol. The van der Waals surface area contributed by atoms with Crippen molar-refractivity contribution in [2.45, 2.75) is 46.6 Å². The van der Waals surface area contributed by atoms with E-state index in [0.29, 0.717) is 6.61 Å². The molecule has 0 spiro atoms. The number of aliphatic carboxylic acids is 1. The molecule has 0 aromatic rings. The van der Waals surface area contributed by atoms with E-state index in [0.717, 1.165) is 0 Å². The van der Waals surface area contributed by atoms with E-state index in [2.05, 4.69) is 0 Å². The van der Waals surface area contributed by atoms with Crippen molar-refractivity contribution in [3.8, 4) is 0 Å². The lowest BCUT2D eigenvalue weighted by atomic mass is 9.90. The van der Waals surface area contributed by atoms with E-state index >= 15 is 0 Å². The molecule has 13 heavy (non-hydrogen) atoms. The van der Waals surface area contributed by atoms with Gasteiger partial charge in [-0.05, 0) is 26.2 Å². The molecule has 3 heteroatoms. The van der Waals surface area contributed by atoms with Gasteiger partial charge in [-0.3, -0.25) is 4.79 Å². The third-order valence-electron chi connectivity index (χ3n) is 1.53. The van der Waals surface area contributed by atoms with Crippen LogP contribution in [0.2, 0.25) is 0 Å². The maximum atomic E-state index is 10.5. The summed E-state index contributed by atoms with van der Waals surface area (Å²) in [5.74, 6) is -0.775. The normalized spacial score (nSPS) is 13.0. The summed E-state index contributed by atoms with van der Waals surface area (Å²) < 4.78 is 5.53. The van der Waals surface area contributed by atoms with Gasteiger partial charge in [-0.15, -0.1) is 0 Å². The summed E-state index contributed by atoms with van der Waals surface area (Å²) in [6, 6.07) is 0. The Kier molecular flexibility index (Phi) is 3.91. The van der Waals surface area contributed by atoms with Crippen molar-refractivity contribution < 1.29 is 14.6 Å². The van der Waals surface area contributed by atoms with Gasteiger partial charge in [0.1, 0.15) is 0 Å². The zero-order chi connectivity index (χ0) is 10.7. The Labute approximate surface area is 80.1 Å². The second-order valence-electron chi connectivity index (χ2n) is 5.14. The zero-order valence-corrected chi connectivity index (χ0v) is 9.18. The quantitative estimate of drug-likeness (QED) is 0.736. The first-order valence-corrected chi connectivity index (χ1v) is 4.48. The molecule has 0 aromatic heterocycles. The molecule has 0 aliphatic heterocycles. The Morgan fingerprint density at radius 2 is 1.69 bits per heavy atom. The van der Waals surface area contributed by atoms with E-state index in [1.807, 2.05) is 34.6 Å². The standard InChI is InChI=1S/C10H20O3/c1-9(2,3)13-7-10(4,5)6-8(11)12/h6-7H2,1-5H3,(H,11,12). The number of ether oxygens (including phenoxy) is 1. The summed E-state index contributed by atoms with van der Waals surface area (Å²) in [5, 5.41) is 8.62. The third-order valence-corrected chi connectivity index (χ3v) is 1.53. The van der Waals surface area contributed by atoms with Crippen LogP contribution in [0.1, 0.15) is 41.0 Å². The van der Waals surface area contributed by atoms with Gasteiger partial charge in [-0.25, -0.2) is 0 Å². The summed E-state index contributed by atoms with van der Waals surface area (Å²) in [4.78, 5) is 10.5. The van der Waals surface area contributed by atoms with E-state index in [4.69, 9.17) is 9.84 Å². The fourth-order valence-electron chi connectivity index (χ4n) is 0.872. The molecule has 0 unspecified atom stereocenters. The van der Waals surface area contributed by atoms with Gasteiger partial charge in [0.2, 0.25) is 0 Å². The molecule has 0 amide bonds. The smallest absolute Gasteiger partial charge is 0.303 e. The van der Waals surface area contributed by atoms with Crippen molar-refractivity contribution in [3.63, 3.8) is 0 Å². The minimum atomic E-state index is -0.775. The summed E-state index contributed by atoms with van der Waals surface area (Å²) in [5.41, 5.74) is -0.491. The Hall–Kier alpha value is -0.570. The molecule has 0 aliphatic rings. The van der Waals surface area contributed by atoms with Crippen molar-refractivity contribution in [2.75, 3.05) is 6.61 Å². The Balaban J connectivity index is 3.96. The molecular weight excluding hydrogens is 168 g/mol. The van der Waals surface area contributed by atoms with Gasteiger partial charge >= 0.3 is 5.97 Å². The number of hydrogen-bond donors (Lipinski definition) is 1. The number of hydrogen-bond acceptors (Lipinski definition) is 2. The van der Waals surface area contributed by atoms with Crippen LogP contribution in [0.15, 0.2) is 0 Å². The number of carboxylic acids is 1. The van der Waals surface area contributed by atoms with Gasteiger partial charge in [0.15, 0.2) is 0 Å². The van der Waals surface area contributed by atoms with E-state index in [1.165, 1.54) is 0 Å². The lowest BCUT2D eigenvalue weighted by Gasteiger charge is -2.28. The molecule has 0 fully saturated rings. The second kappa shape index (κ2) is 4.09. The molecule has 0 rings (SSSR count). The number of rotatable bonds is 4. The maximum Gasteiger partial charge on any atom is 0.303 e. The molecular formula is C10H20O3. The third kappa shape index (κ3) is 7.78. The van der Waals surface area contributed by atoms with Crippen LogP contribution in [-0.2, 0) is 9.53 Å². The largest absolute Gasteiger partial charge is 0.481 e. The summed E-state index contributed by atoms with van der Waals surface area (Å²) in [7, 11) is 0. The molecule has 0 aromatic carbocycles. The zero-order valence-electron chi connectivity index (χ0n) is 9.18. The molecule has 0 bridgehead atoms. The van der Waals surface area contributed by atoms with Crippen LogP contribution in [0.25, 0.3) is 0 Å². The lowest BCUT2D eigenvalue weighted by Crippen LogP contribution is -2.29. The first-order chi connectivity index (χ1) is 5.62. The molecule has 0 saturated carbocycles.